The lowest BCUT2D eigenvalue weighted by molar-refractivity contribution is -0.137. The zero-order valence-electron chi connectivity index (χ0n) is 13.4. The summed E-state index contributed by atoms with van der Waals surface area (Å²) in [4.78, 5) is 22.5. The molecule has 1 aromatic rings. The van der Waals surface area contributed by atoms with E-state index in [0.717, 1.165) is 37.7 Å². The summed E-state index contributed by atoms with van der Waals surface area (Å²) in [6.07, 6.45) is 4.80. The summed E-state index contributed by atoms with van der Waals surface area (Å²) in [5.74, 6) is -0.103. The third kappa shape index (κ3) is 6.16. The van der Waals surface area contributed by atoms with E-state index in [9.17, 15) is 9.59 Å². The second kappa shape index (κ2) is 9.82. The van der Waals surface area contributed by atoms with Crippen LogP contribution in [0, 0.1) is 6.92 Å². The molecule has 0 saturated heterocycles. The van der Waals surface area contributed by atoms with Crippen molar-refractivity contribution in [2.24, 2.45) is 0 Å². The summed E-state index contributed by atoms with van der Waals surface area (Å²) in [5.41, 5.74) is 1.48. The van der Waals surface area contributed by atoms with Gasteiger partial charge in [0.2, 0.25) is 0 Å². The maximum absolute atomic E-state index is 12.1. The molecular formula is C17H25NO4. The number of ether oxygens (including phenoxy) is 1. The minimum Gasteiger partial charge on any atom is -0.496 e. The van der Waals surface area contributed by atoms with Gasteiger partial charge in [0.25, 0.3) is 5.91 Å². The summed E-state index contributed by atoms with van der Waals surface area (Å²) in [6.45, 7) is 2.50. The van der Waals surface area contributed by atoms with E-state index in [1.807, 2.05) is 19.1 Å². The standard InChI is InChI=1S/C17H25NO4/c1-13-14(9-8-10-15(13)22-2)17(21)18-12-7-5-3-4-6-11-16(19)20/h8-10H,3-7,11-12H2,1-2H3,(H,18,21)(H,19,20). The van der Waals surface area contributed by atoms with Crippen LogP contribution in [0.1, 0.15) is 54.4 Å². The summed E-state index contributed by atoms with van der Waals surface area (Å²) in [5, 5.41) is 11.4. The zero-order valence-corrected chi connectivity index (χ0v) is 13.4. The maximum atomic E-state index is 12.1. The number of nitrogens with one attached hydrogen (secondary N) is 1. The van der Waals surface area contributed by atoms with Gasteiger partial charge in [-0.2, -0.15) is 0 Å². The molecular weight excluding hydrogens is 282 g/mol. The van der Waals surface area contributed by atoms with Gasteiger partial charge >= 0.3 is 5.97 Å². The normalized spacial score (nSPS) is 10.3. The Morgan fingerprint density at radius 3 is 2.50 bits per heavy atom. The summed E-state index contributed by atoms with van der Waals surface area (Å²) in [7, 11) is 1.59. The highest BCUT2D eigenvalue weighted by Crippen LogP contribution is 2.20. The third-order valence-corrected chi connectivity index (χ3v) is 3.60. The molecule has 0 atom stereocenters. The largest absolute Gasteiger partial charge is 0.496 e. The predicted octanol–water partition coefficient (Wildman–Crippen LogP) is 3.16. The molecule has 0 aliphatic rings. The van der Waals surface area contributed by atoms with Crippen molar-refractivity contribution in [2.75, 3.05) is 13.7 Å². The van der Waals surface area contributed by atoms with Crippen LogP contribution in [0.4, 0.5) is 0 Å². The predicted molar refractivity (Wildman–Crippen MR) is 85.4 cm³/mol. The van der Waals surface area contributed by atoms with E-state index in [2.05, 4.69) is 5.32 Å². The highest BCUT2D eigenvalue weighted by molar-refractivity contribution is 5.96. The van der Waals surface area contributed by atoms with E-state index in [1.54, 1.807) is 13.2 Å². The summed E-state index contributed by atoms with van der Waals surface area (Å²) < 4.78 is 5.21. The molecule has 1 amide bonds. The van der Waals surface area contributed by atoms with Gasteiger partial charge in [0.15, 0.2) is 0 Å². The number of amides is 1. The van der Waals surface area contributed by atoms with Crippen LogP contribution >= 0.6 is 0 Å². The maximum Gasteiger partial charge on any atom is 0.303 e. The Morgan fingerprint density at radius 1 is 1.14 bits per heavy atom. The van der Waals surface area contributed by atoms with E-state index in [1.165, 1.54) is 0 Å². The zero-order chi connectivity index (χ0) is 16.4. The van der Waals surface area contributed by atoms with Gasteiger partial charge in [-0.15, -0.1) is 0 Å². The van der Waals surface area contributed by atoms with Crippen molar-refractivity contribution in [3.05, 3.63) is 29.3 Å². The second-order valence-corrected chi connectivity index (χ2v) is 5.30. The quantitative estimate of drug-likeness (QED) is 0.651. The number of hydrogen-bond acceptors (Lipinski definition) is 3. The van der Waals surface area contributed by atoms with Gasteiger partial charge in [-0.1, -0.05) is 25.3 Å². The van der Waals surface area contributed by atoms with E-state index >= 15 is 0 Å². The lowest BCUT2D eigenvalue weighted by atomic mass is 10.1. The van der Waals surface area contributed by atoms with Gasteiger partial charge in [-0.3, -0.25) is 9.59 Å². The van der Waals surface area contributed by atoms with Gasteiger partial charge < -0.3 is 15.2 Å². The smallest absolute Gasteiger partial charge is 0.303 e. The van der Waals surface area contributed by atoms with Crippen molar-refractivity contribution >= 4 is 11.9 Å². The molecule has 0 unspecified atom stereocenters. The average Bonchev–Trinajstić information content (AvgIpc) is 2.49. The molecule has 0 aromatic heterocycles. The molecule has 0 bridgehead atoms. The van der Waals surface area contributed by atoms with Crippen molar-refractivity contribution in [1.82, 2.24) is 5.32 Å². The first-order valence-electron chi connectivity index (χ1n) is 7.70. The number of unbranched alkanes of at least 4 members (excludes halogenated alkanes) is 4. The van der Waals surface area contributed by atoms with Crippen LogP contribution in [0.25, 0.3) is 0 Å². The topological polar surface area (TPSA) is 75.6 Å². The number of rotatable bonds is 10. The Balaban J connectivity index is 2.23. The van der Waals surface area contributed by atoms with Crippen LogP contribution in [-0.2, 0) is 4.79 Å². The van der Waals surface area contributed by atoms with Crippen LogP contribution in [0.3, 0.4) is 0 Å². The fraction of sp³-hybridized carbons (Fsp3) is 0.529. The van der Waals surface area contributed by atoms with E-state index in [0.29, 0.717) is 17.9 Å². The van der Waals surface area contributed by atoms with Crippen molar-refractivity contribution in [3.63, 3.8) is 0 Å². The molecule has 2 N–H and O–H groups in total. The minimum atomic E-state index is -0.735. The van der Waals surface area contributed by atoms with Crippen LogP contribution in [0.15, 0.2) is 18.2 Å². The van der Waals surface area contributed by atoms with E-state index < -0.39 is 5.97 Å². The van der Waals surface area contributed by atoms with Gasteiger partial charge in [0.1, 0.15) is 5.75 Å². The molecule has 5 nitrogen and oxygen atoms in total. The number of aliphatic carboxylic acids is 1. The molecule has 0 saturated carbocycles. The molecule has 1 rings (SSSR count). The van der Waals surface area contributed by atoms with Crippen LogP contribution in [-0.4, -0.2) is 30.6 Å². The van der Waals surface area contributed by atoms with Crippen molar-refractivity contribution in [2.45, 2.75) is 45.4 Å². The second-order valence-electron chi connectivity index (χ2n) is 5.30. The molecule has 0 fully saturated rings. The van der Waals surface area contributed by atoms with Gasteiger partial charge in [0, 0.05) is 24.1 Å². The van der Waals surface area contributed by atoms with Gasteiger partial charge in [-0.05, 0) is 31.9 Å². The van der Waals surface area contributed by atoms with Crippen molar-refractivity contribution in [3.8, 4) is 5.75 Å². The molecule has 0 aliphatic heterocycles. The number of hydrogen-bond donors (Lipinski definition) is 2. The first kappa shape index (κ1) is 18.0. The third-order valence-electron chi connectivity index (χ3n) is 3.60. The highest BCUT2D eigenvalue weighted by Gasteiger charge is 2.11. The van der Waals surface area contributed by atoms with Crippen LogP contribution in [0.2, 0.25) is 0 Å². The van der Waals surface area contributed by atoms with Crippen LogP contribution < -0.4 is 10.1 Å². The number of benzene rings is 1. The molecule has 0 radical (unpaired) electrons. The Bertz CT molecular complexity index is 499. The summed E-state index contributed by atoms with van der Waals surface area (Å²) in [6, 6.07) is 5.44. The van der Waals surface area contributed by atoms with Crippen molar-refractivity contribution in [1.29, 1.82) is 0 Å². The average molecular weight is 307 g/mol. The minimum absolute atomic E-state index is 0.0812. The number of carboxylic acids is 1. The number of carbonyl (C=O) groups excluding carboxylic acids is 1. The number of carboxylic acid groups (broad SMARTS) is 1. The lowest BCUT2D eigenvalue weighted by Gasteiger charge is -2.10. The number of methoxy groups -OCH3 is 1. The molecule has 0 heterocycles. The first-order chi connectivity index (χ1) is 10.6. The van der Waals surface area contributed by atoms with Crippen LogP contribution in [0.5, 0.6) is 5.75 Å². The Morgan fingerprint density at radius 2 is 1.82 bits per heavy atom. The summed E-state index contributed by atoms with van der Waals surface area (Å²) >= 11 is 0. The van der Waals surface area contributed by atoms with E-state index in [-0.39, 0.29) is 12.3 Å². The monoisotopic (exact) mass is 307 g/mol. The number of carbonyl (C=O) groups is 2. The molecule has 22 heavy (non-hydrogen) atoms. The molecule has 0 spiro atoms. The lowest BCUT2D eigenvalue weighted by Crippen LogP contribution is -2.25. The SMILES string of the molecule is COc1cccc(C(=O)NCCCCCCCC(=O)O)c1C. The van der Waals surface area contributed by atoms with Crippen molar-refractivity contribution < 1.29 is 19.4 Å². The van der Waals surface area contributed by atoms with Gasteiger partial charge in [0.05, 0.1) is 7.11 Å². The Hall–Kier alpha value is -2.04. The Kier molecular flexibility index (Phi) is 8.04. The molecule has 0 aliphatic carbocycles. The molecule has 1 aromatic carbocycles. The first-order valence-corrected chi connectivity index (χ1v) is 7.70. The fourth-order valence-corrected chi connectivity index (χ4v) is 2.31. The highest BCUT2D eigenvalue weighted by atomic mass is 16.5. The Labute approximate surface area is 131 Å². The van der Waals surface area contributed by atoms with Gasteiger partial charge in [-0.25, -0.2) is 0 Å². The molecule has 122 valence electrons. The fourth-order valence-electron chi connectivity index (χ4n) is 2.31. The van der Waals surface area contributed by atoms with E-state index in [4.69, 9.17) is 9.84 Å². The molecule has 5 heteroatoms.